The normalized spacial score (nSPS) is 23.4. The fourth-order valence-electron chi connectivity index (χ4n) is 4.49. The standard InChI is InChI=1S/C25H30N6O5S/c1-14(32)26-15-9-11-16(12-10-15)27-19(33)13-37-23-20-22(30(2)25(35)31(3)24(20)34)28-21(29-23)17-7-5-6-8-18(17)36-4/h5-12,20-23,28-29H,13H2,1-4H3,(H,26,32)(H,27,33). The first-order valence-corrected chi connectivity index (χ1v) is 12.7. The molecule has 2 fully saturated rings. The first kappa shape index (κ1) is 26.5. The van der Waals surface area contributed by atoms with E-state index in [1.807, 2.05) is 24.3 Å². The van der Waals surface area contributed by atoms with Crippen LogP contribution in [0.1, 0.15) is 18.7 Å². The van der Waals surface area contributed by atoms with Crippen LogP contribution in [0.3, 0.4) is 0 Å². The van der Waals surface area contributed by atoms with Crippen LogP contribution in [0.5, 0.6) is 5.75 Å². The van der Waals surface area contributed by atoms with Crippen molar-refractivity contribution in [2.45, 2.75) is 24.6 Å². The molecule has 2 aliphatic heterocycles. The van der Waals surface area contributed by atoms with Gasteiger partial charge in [-0.15, -0.1) is 11.8 Å². The van der Waals surface area contributed by atoms with Crippen molar-refractivity contribution in [3.8, 4) is 5.75 Å². The monoisotopic (exact) mass is 526 g/mol. The Labute approximate surface area is 219 Å². The number of thioether (sulfide) groups is 1. The Morgan fingerprint density at radius 2 is 1.65 bits per heavy atom. The number of fused-ring (bicyclic) bond motifs is 1. The van der Waals surface area contributed by atoms with Crippen LogP contribution in [-0.2, 0) is 14.4 Å². The van der Waals surface area contributed by atoms with Gasteiger partial charge < -0.3 is 20.3 Å². The van der Waals surface area contributed by atoms with Gasteiger partial charge in [0.1, 0.15) is 5.75 Å². The zero-order valence-electron chi connectivity index (χ0n) is 21.0. The van der Waals surface area contributed by atoms with E-state index in [4.69, 9.17) is 4.74 Å². The van der Waals surface area contributed by atoms with Crippen molar-refractivity contribution in [2.24, 2.45) is 5.92 Å². The number of nitrogens with zero attached hydrogens (tertiary/aromatic N) is 2. The molecule has 0 aromatic heterocycles. The number of urea groups is 1. The summed E-state index contributed by atoms with van der Waals surface area (Å²) in [7, 11) is 4.70. The summed E-state index contributed by atoms with van der Waals surface area (Å²) in [5, 5.41) is 11.9. The minimum atomic E-state index is -0.617. The maximum Gasteiger partial charge on any atom is 0.327 e. The molecule has 0 spiro atoms. The van der Waals surface area contributed by atoms with Crippen molar-refractivity contribution in [3.63, 3.8) is 0 Å². The van der Waals surface area contributed by atoms with Crippen molar-refractivity contribution in [1.82, 2.24) is 20.4 Å². The predicted octanol–water partition coefficient (Wildman–Crippen LogP) is 2.01. The van der Waals surface area contributed by atoms with Crippen LogP contribution in [-0.4, -0.2) is 72.1 Å². The maximum atomic E-state index is 13.2. The van der Waals surface area contributed by atoms with E-state index in [9.17, 15) is 19.2 Å². The molecule has 4 atom stereocenters. The summed E-state index contributed by atoms with van der Waals surface area (Å²) in [4.78, 5) is 52.4. The summed E-state index contributed by atoms with van der Waals surface area (Å²) in [5.74, 6) is -0.636. The van der Waals surface area contributed by atoms with E-state index in [2.05, 4.69) is 21.3 Å². The largest absolute Gasteiger partial charge is 0.496 e. The van der Waals surface area contributed by atoms with E-state index >= 15 is 0 Å². The lowest BCUT2D eigenvalue weighted by atomic mass is 9.95. The van der Waals surface area contributed by atoms with Crippen molar-refractivity contribution in [2.75, 3.05) is 37.6 Å². The van der Waals surface area contributed by atoms with Crippen LogP contribution in [0.2, 0.25) is 0 Å². The number of carbonyl (C=O) groups excluding carboxylic acids is 4. The third-order valence-corrected chi connectivity index (χ3v) is 7.51. The number of methoxy groups -OCH3 is 1. The lowest BCUT2D eigenvalue weighted by molar-refractivity contribution is -0.140. The number of ether oxygens (including phenoxy) is 1. The molecule has 5 amide bonds. The highest BCUT2D eigenvalue weighted by atomic mass is 32.2. The number of anilines is 2. The number of para-hydroxylation sites is 1. The summed E-state index contributed by atoms with van der Waals surface area (Å²) in [5.41, 5.74) is 2.04. The van der Waals surface area contributed by atoms with Crippen LogP contribution in [0.4, 0.5) is 16.2 Å². The molecule has 4 unspecified atom stereocenters. The lowest BCUT2D eigenvalue weighted by Crippen LogP contribution is -2.72. The molecule has 11 nitrogen and oxygen atoms in total. The van der Waals surface area contributed by atoms with Gasteiger partial charge >= 0.3 is 6.03 Å². The Bertz CT molecular complexity index is 1190. The summed E-state index contributed by atoms with van der Waals surface area (Å²) < 4.78 is 5.52. The third kappa shape index (κ3) is 5.71. The van der Waals surface area contributed by atoms with Crippen LogP contribution in [0, 0.1) is 5.92 Å². The highest BCUT2D eigenvalue weighted by molar-refractivity contribution is 8.00. The van der Waals surface area contributed by atoms with Gasteiger partial charge in [-0.1, -0.05) is 18.2 Å². The number of hydrogen-bond acceptors (Lipinski definition) is 8. The summed E-state index contributed by atoms with van der Waals surface area (Å²) in [6.07, 6.45) is -1.00. The lowest BCUT2D eigenvalue weighted by Gasteiger charge is -2.50. The van der Waals surface area contributed by atoms with Crippen LogP contribution in [0.25, 0.3) is 0 Å². The molecular weight excluding hydrogens is 496 g/mol. The molecule has 4 N–H and O–H groups in total. The molecule has 2 aromatic carbocycles. The number of benzene rings is 2. The molecule has 0 bridgehead atoms. The Kier molecular flexibility index (Phi) is 8.00. The SMILES string of the molecule is COc1ccccc1C1NC(SCC(=O)Nc2ccc(NC(C)=O)cc2)C2C(=O)N(C)C(=O)N(C)C2N1. The zero-order chi connectivity index (χ0) is 26.7. The minimum Gasteiger partial charge on any atom is -0.496 e. The highest BCUT2D eigenvalue weighted by Gasteiger charge is 2.51. The number of nitrogens with one attached hydrogen (secondary N) is 4. The Morgan fingerprint density at radius 1 is 1.00 bits per heavy atom. The molecule has 4 rings (SSSR count). The molecule has 12 heteroatoms. The molecule has 0 saturated carbocycles. The first-order valence-electron chi connectivity index (χ1n) is 11.7. The Morgan fingerprint density at radius 3 is 2.30 bits per heavy atom. The Hall–Kier alpha value is -3.61. The van der Waals surface area contributed by atoms with E-state index in [0.29, 0.717) is 17.1 Å². The fourth-order valence-corrected chi connectivity index (χ4v) is 5.59. The molecule has 2 aromatic rings. The molecule has 2 aliphatic rings. The third-order valence-electron chi connectivity index (χ3n) is 6.29. The fraction of sp³-hybridized carbons (Fsp3) is 0.360. The molecule has 0 radical (unpaired) electrons. The van der Waals surface area contributed by atoms with Crippen molar-refractivity contribution < 1.29 is 23.9 Å². The van der Waals surface area contributed by atoms with Gasteiger partial charge in [0.25, 0.3) is 0 Å². The van der Waals surface area contributed by atoms with E-state index in [1.54, 1.807) is 38.4 Å². The number of rotatable bonds is 7. The second-order valence-electron chi connectivity index (χ2n) is 8.81. The topological polar surface area (TPSA) is 132 Å². The second-order valence-corrected chi connectivity index (χ2v) is 9.94. The average Bonchev–Trinajstić information content (AvgIpc) is 2.89. The van der Waals surface area contributed by atoms with Gasteiger partial charge in [0.2, 0.25) is 17.7 Å². The summed E-state index contributed by atoms with van der Waals surface area (Å²) >= 11 is 1.30. The molecule has 2 heterocycles. The number of amides is 5. The minimum absolute atomic E-state index is 0.0711. The molecule has 0 aliphatic carbocycles. The van der Waals surface area contributed by atoms with Crippen molar-refractivity contribution >= 4 is 46.9 Å². The molecular formula is C25H30N6O5S. The van der Waals surface area contributed by atoms with Gasteiger partial charge in [0.05, 0.1) is 36.5 Å². The predicted molar refractivity (Wildman–Crippen MR) is 141 cm³/mol. The van der Waals surface area contributed by atoms with E-state index in [1.165, 1.54) is 30.6 Å². The van der Waals surface area contributed by atoms with Gasteiger partial charge in [-0.05, 0) is 30.3 Å². The summed E-state index contributed by atoms with van der Waals surface area (Å²) in [6.45, 7) is 1.42. The van der Waals surface area contributed by atoms with Gasteiger partial charge in [-0.25, -0.2) is 4.79 Å². The van der Waals surface area contributed by atoms with Crippen molar-refractivity contribution in [1.29, 1.82) is 0 Å². The van der Waals surface area contributed by atoms with E-state index < -0.39 is 29.7 Å². The highest BCUT2D eigenvalue weighted by Crippen LogP contribution is 2.36. The number of hydrogen-bond donors (Lipinski definition) is 4. The average molecular weight is 527 g/mol. The van der Waals surface area contributed by atoms with Crippen LogP contribution < -0.4 is 26.0 Å². The van der Waals surface area contributed by atoms with Gasteiger partial charge in [-0.3, -0.25) is 29.9 Å². The van der Waals surface area contributed by atoms with Gasteiger partial charge in [0.15, 0.2) is 0 Å². The number of carbonyl (C=O) groups is 4. The maximum absolute atomic E-state index is 13.2. The van der Waals surface area contributed by atoms with Crippen LogP contribution in [0.15, 0.2) is 48.5 Å². The first-order chi connectivity index (χ1) is 17.7. The molecule has 196 valence electrons. The number of imide groups is 1. The smallest absolute Gasteiger partial charge is 0.327 e. The second kappa shape index (κ2) is 11.2. The Balaban J connectivity index is 1.50. The molecule has 2 saturated heterocycles. The summed E-state index contributed by atoms with van der Waals surface area (Å²) in [6, 6.07) is 13.9. The van der Waals surface area contributed by atoms with E-state index in [0.717, 1.165) is 10.5 Å². The molecule has 37 heavy (non-hydrogen) atoms. The van der Waals surface area contributed by atoms with E-state index in [-0.39, 0.29) is 23.5 Å². The van der Waals surface area contributed by atoms with Gasteiger partial charge in [-0.2, -0.15) is 0 Å². The van der Waals surface area contributed by atoms with Crippen LogP contribution >= 0.6 is 11.8 Å². The van der Waals surface area contributed by atoms with Gasteiger partial charge in [0, 0.05) is 38.0 Å². The quantitative estimate of drug-likeness (QED) is 0.431. The van der Waals surface area contributed by atoms with Crippen molar-refractivity contribution in [3.05, 3.63) is 54.1 Å². The zero-order valence-corrected chi connectivity index (χ0v) is 21.8.